The Morgan fingerprint density at radius 1 is 1.12 bits per heavy atom. The standard InChI is InChI=1S/C19H16FNO3/c1-12-17(10-14-9-16(23-2)7-8-18(14)21-12)19(22)24-11-13-3-5-15(20)6-4-13/h3-10H,11H2,1-2H3. The number of rotatable bonds is 4. The summed E-state index contributed by atoms with van der Waals surface area (Å²) in [5.41, 5.74) is 2.50. The second kappa shape index (κ2) is 6.66. The second-order valence-corrected chi connectivity index (χ2v) is 5.38. The number of hydrogen-bond donors (Lipinski definition) is 0. The summed E-state index contributed by atoms with van der Waals surface area (Å²) < 4.78 is 23.4. The molecule has 5 heteroatoms. The maximum absolute atomic E-state index is 12.9. The normalized spacial score (nSPS) is 10.6. The van der Waals surface area contributed by atoms with Gasteiger partial charge in [0, 0.05) is 5.39 Å². The van der Waals surface area contributed by atoms with Crippen LogP contribution in [0, 0.1) is 12.7 Å². The topological polar surface area (TPSA) is 48.4 Å². The number of carbonyl (C=O) groups excluding carboxylic acids is 1. The van der Waals surface area contributed by atoms with Gasteiger partial charge in [0.15, 0.2) is 0 Å². The molecule has 0 fully saturated rings. The van der Waals surface area contributed by atoms with Gasteiger partial charge < -0.3 is 9.47 Å². The van der Waals surface area contributed by atoms with Crippen molar-refractivity contribution in [3.8, 4) is 5.75 Å². The van der Waals surface area contributed by atoms with Crippen LogP contribution in [0.1, 0.15) is 21.6 Å². The second-order valence-electron chi connectivity index (χ2n) is 5.38. The molecule has 0 bridgehead atoms. The van der Waals surface area contributed by atoms with Gasteiger partial charge in [0.2, 0.25) is 0 Å². The molecule has 0 saturated carbocycles. The molecule has 122 valence electrons. The van der Waals surface area contributed by atoms with Crippen LogP contribution in [-0.2, 0) is 11.3 Å². The quantitative estimate of drug-likeness (QED) is 0.679. The summed E-state index contributed by atoms with van der Waals surface area (Å²) >= 11 is 0. The first-order valence-corrected chi connectivity index (χ1v) is 7.44. The minimum atomic E-state index is -0.464. The molecule has 0 saturated heterocycles. The average Bonchev–Trinajstić information content (AvgIpc) is 2.60. The van der Waals surface area contributed by atoms with Crippen molar-refractivity contribution in [2.24, 2.45) is 0 Å². The first kappa shape index (κ1) is 15.9. The molecule has 0 aliphatic heterocycles. The van der Waals surface area contributed by atoms with Gasteiger partial charge in [0.1, 0.15) is 18.2 Å². The van der Waals surface area contributed by atoms with Gasteiger partial charge in [0.25, 0.3) is 0 Å². The van der Waals surface area contributed by atoms with Gasteiger partial charge in [-0.05, 0) is 48.9 Å². The molecule has 2 aromatic carbocycles. The van der Waals surface area contributed by atoms with Crippen molar-refractivity contribution < 1.29 is 18.7 Å². The Labute approximate surface area is 138 Å². The summed E-state index contributed by atoms with van der Waals surface area (Å²) in [5.74, 6) is -0.0959. The summed E-state index contributed by atoms with van der Waals surface area (Å²) in [6.45, 7) is 1.84. The molecular formula is C19H16FNO3. The number of ether oxygens (including phenoxy) is 2. The van der Waals surface area contributed by atoms with E-state index in [9.17, 15) is 9.18 Å². The average molecular weight is 325 g/mol. The number of nitrogens with zero attached hydrogens (tertiary/aromatic N) is 1. The Hall–Kier alpha value is -2.95. The highest BCUT2D eigenvalue weighted by molar-refractivity contribution is 5.95. The fraction of sp³-hybridized carbons (Fsp3) is 0.158. The summed E-state index contributed by atoms with van der Waals surface area (Å²) in [6, 6.07) is 13.1. The van der Waals surface area contributed by atoms with Crippen LogP contribution in [0.15, 0.2) is 48.5 Å². The molecular weight excluding hydrogens is 309 g/mol. The minimum absolute atomic E-state index is 0.0781. The van der Waals surface area contributed by atoms with Crippen molar-refractivity contribution >= 4 is 16.9 Å². The van der Waals surface area contributed by atoms with Crippen molar-refractivity contribution in [1.82, 2.24) is 4.98 Å². The maximum Gasteiger partial charge on any atom is 0.340 e. The van der Waals surface area contributed by atoms with Crippen molar-refractivity contribution in [2.45, 2.75) is 13.5 Å². The van der Waals surface area contributed by atoms with E-state index in [-0.39, 0.29) is 12.4 Å². The van der Waals surface area contributed by atoms with E-state index in [4.69, 9.17) is 9.47 Å². The number of fused-ring (bicyclic) bond motifs is 1. The van der Waals surface area contributed by atoms with E-state index in [1.807, 2.05) is 18.2 Å². The minimum Gasteiger partial charge on any atom is -0.497 e. The van der Waals surface area contributed by atoms with Crippen molar-refractivity contribution in [3.63, 3.8) is 0 Å². The molecule has 0 spiro atoms. The van der Waals surface area contributed by atoms with E-state index in [2.05, 4.69) is 4.98 Å². The van der Waals surface area contributed by atoms with Crippen molar-refractivity contribution in [3.05, 3.63) is 71.2 Å². The summed E-state index contributed by atoms with van der Waals surface area (Å²) in [6.07, 6.45) is 0. The maximum atomic E-state index is 12.9. The number of methoxy groups -OCH3 is 1. The van der Waals surface area contributed by atoms with Gasteiger partial charge in [-0.2, -0.15) is 0 Å². The first-order valence-electron chi connectivity index (χ1n) is 7.44. The number of aryl methyl sites for hydroxylation is 1. The zero-order chi connectivity index (χ0) is 17.1. The van der Waals surface area contributed by atoms with Crippen LogP contribution in [0.4, 0.5) is 4.39 Å². The molecule has 24 heavy (non-hydrogen) atoms. The fourth-order valence-corrected chi connectivity index (χ4v) is 2.39. The van der Waals surface area contributed by atoms with E-state index in [0.717, 1.165) is 16.5 Å². The highest BCUT2D eigenvalue weighted by atomic mass is 19.1. The Balaban J connectivity index is 1.83. The number of benzene rings is 2. The Kier molecular flexibility index (Phi) is 4.42. The number of halogens is 1. The Morgan fingerprint density at radius 2 is 1.88 bits per heavy atom. The largest absolute Gasteiger partial charge is 0.497 e. The lowest BCUT2D eigenvalue weighted by Gasteiger charge is -2.09. The van der Waals surface area contributed by atoms with Crippen LogP contribution < -0.4 is 4.74 Å². The fourth-order valence-electron chi connectivity index (χ4n) is 2.39. The summed E-state index contributed by atoms with van der Waals surface area (Å²) in [5, 5.41) is 0.800. The van der Waals surface area contributed by atoms with Crippen LogP contribution in [-0.4, -0.2) is 18.1 Å². The first-order chi connectivity index (χ1) is 11.6. The zero-order valence-corrected chi connectivity index (χ0v) is 13.4. The van der Waals surface area contributed by atoms with Gasteiger partial charge in [-0.3, -0.25) is 4.98 Å². The molecule has 3 rings (SSSR count). The van der Waals surface area contributed by atoms with Crippen molar-refractivity contribution in [2.75, 3.05) is 7.11 Å². The van der Waals surface area contributed by atoms with Gasteiger partial charge in [-0.1, -0.05) is 12.1 Å². The molecule has 0 aliphatic carbocycles. The molecule has 4 nitrogen and oxygen atoms in total. The molecule has 0 unspecified atom stereocenters. The smallest absolute Gasteiger partial charge is 0.340 e. The summed E-state index contributed by atoms with van der Waals surface area (Å²) in [4.78, 5) is 16.8. The molecule has 0 atom stereocenters. The van der Waals surface area contributed by atoms with Crippen LogP contribution in [0.25, 0.3) is 10.9 Å². The third-order valence-corrected chi connectivity index (χ3v) is 3.72. The predicted molar refractivity (Wildman–Crippen MR) is 88.6 cm³/mol. The molecule has 1 aromatic heterocycles. The lowest BCUT2D eigenvalue weighted by molar-refractivity contribution is 0.0471. The monoisotopic (exact) mass is 325 g/mol. The highest BCUT2D eigenvalue weighted by Crippen LogP contribution is 2.22. The van der Waals surface area contributed by atoms with Crippen LogP contribution in [0.2, 0.25) is 0 Å². The number of carbonyl (C=O) groups is 1. The lowest BCUT2D eigenvalue weighted by atomic mass is 10.1. The molecule has 1 heterocycles. The molecule has 3 aromatic rings. The molecule has 0 radical (unpaired) electrons. The van der Waals surface area contributed by atoms with Crippen LogP contribution in [0.5, 0.6) is 5.75 Å². The number of hydrogen-bond acceptors (Lipinski definition) is 4. The number of pyridine rings is 1. The van der Waals surface area contributed by atoms with E-state index < -0.39 is 5.97 Å². The van der Waals surface area contributed by atoms with Crippen molar-refractivity contribution in [1.29, 1.82) is 0 Å². The number of aromatic nitrogens is 1. The zero-order valence-electron chi connectivity index (χ0n) is 13.4. The van der Waals surface area contributed by atoms with Gasteiger partial charge >= 0.3 is 5.97 Å². The van der Waals surface area contributed by atoms with E-state index >= 15 is 0 Å². The van der Waals surface area contributed by atoms with Gasteiger partial charge in [-0.15, -0.1) is 0 Å². The SMILES string of the molecule is COc1ccc2nc(C)c(C(=O)OCc3ccc(F)cc3)cc2c1. The lowest BCUT2D eigenvalue weighted by Crippen LogP contribution is -2.08. The van der Waals surface area contributed by atoms with Gasteiger partial charge in [-0.25, -0.2) is 9.18 Å². The van der Waals surface area contributed by atoms with Gasteiger partial charge in [0.05, 0.1) is 23.9 Å². The number of esters is 1. The van der Waals surface area contributed by atoms with E-state index in [1.165, 1.54) is 12.1 Å². The summed E-state index contributed by atoms with van der Waals surface area (Å²) in [7, 11) is 1.58. The predicted octanol–water partition coefficient (Wildman–Crippen LogP) is 4.05. The third-order valence-electron chi connectivity index (χ3n) is 3.72. The molecule has 0 amide bonds. The van der Waals surface area contributed by atoms with Crippen LogP contribution in [0.3, 0.4) is 0 Å². The molecule has 0 N–H and O–H groups in total. The highest BCUT2D eigenvalue weighted by Gasteiger charge is 2.14. The Bertz CT molecular complexity index is 891. The Morgan fingerprint density at radius 3 is 2.58 bits per heavy atom. The van der Waals surface area contributed by atoms with Crippen LogP contribution >= 0.6 is 0 Å². The van der Waals surface area contributed by atoms with E-state index in [1.54, 1.807) is 32.2 Å². The molecule has 0 aliphatic rings. The third kappa shape index (κ3) is 3.35. The van der Waals surface area contributed by atoms with E-state index in [0.29, 0.717) is 17.0 Å².